The number of hydrogen-bond acceptors (Lipinski definition) is 3. The van der Waals surface area contributed by atoms with Crippen LogP contribution in [0.15, 0.2) is 0 Å². The van der Waals surface area contributed by atoms with Gasteiger partial charge < -0.3 is 16.0 Å². The van der Waals surface area contributed by atoms with Crippen LogP contribution in [0.1, 0.15) is 35.6 Å². The van der Waals surface area contributed by atoms with Gasteiger partial charge in [-0.1, -0.05) is 0 Å². The summed E-state index contributed by atoms with van der Waals surface area (Å²) in [7, 11) is 0. The van der Waals surface area contributed by atoms with Gasteiger partial charge in [0, 0.05) is 22.5 Å². The summed E-state index contributed by atoms with van der Waals surface area (Å²) in [5, 5.41) is 2.89. The van der Waals surface area contributed by atoms with Crippen molar-refractivity contribution < 1.29 is 17.4 Å². The Morgan fingerprint density at radius 2 is 2.17 bits per heavy atom. The highest BCUT2D eigenvalue weighted by Gasteiger charge is 2.53. The molecule has 0 radical (unpaired) electrons. The first-order valence-corrected chi connectivity index (χ1v) is 6.28. The van der Waals surface area contributed by atoms with E-state index in [0.29, 0.717) is 6.54 Å². The smallest absolute Gasteiger partial charge is 0.237 e. The van der Waals surface area contributed by atoms with Gasteiger partial charge >= 0.3 is 0 Å². The second-order valence-corrected chi connectivity index (χ2v) is 5.38. The van der Waals surface area contributed by atoms with E-state index >= 15 is 0 Å². The molecule has 2 aliphatic rings. The summed E-state index contributed by atoms with van der Waals surface area (Å²) in [4.78, 5) is 35.3. The van der Waals surface area contributed by atoms with Crippen molar-refractivity contribution in [3.63, 3.8) is 0 Å². The highest BCUT2D eigenvalue weighted by molar-refractivity contribution is 5.92. The lowest BCUT2D eigenvalue weighted by atomic mass is 9.66. The molecule has 0 aromatic rings. The number of hydrogen-bond donors (Lipinski definition) is 2. The molecule has 1 aliphatic carbocycles. The third kappa shape index (κ3) is 2.32. The van der Waals surface area contributed by atoms with Crippen LogP contribution in [0.2, 0.25) is 0 Å². The minimum absolute atomic E-state index is 0.0220. The van der Waals surface area contributed by atoms with E-state index in [4.69, 9.17) is 8.70 Å². The Balaban J connectivity index is 0.000000956. The summed E-state index contributed by atoms with van der Waals surface area (Å²) in [5.74, 6) is -0.445. The van der Waals surface area contributed by atoms with E-state index in [-0.39, 0.29) is 29.8 Å². The van der Waals surface area contributed by atoms with Crippen LogP contribution in [-0.2, 0) is 14.4 Å². The molecule has 1 heterocycles. The number of nitrogens with two attached hydrogens (primary N) is 1. The van der Waals surface area contributed by atoms with Crippen LogP contribution in [0, 0.1) is 5.41 Å². The predicted molar refractivity (Wildman–Crippen MR) is 66.4 cm³/mol. The number of carbonyl (C=O) groups excluding carboxylic acids is 3. The van der Waals surface area contributed by atoms with Crippen molar-refractivity contribution in [2.75, 3.05) is 13.1 Å². The van der Waals surface area contributed by atoms with E-state index in [0.717, 1.165) is 25.7 Å². The number of β-lactam (4-membered cyclic amide) rings is 1. The maximum absolute atomic E-state index is 12.0. The second kappa shape index (κ2) is 4.59. The third-order valence-electron chi connectivity index (χ3n) is 3.93. The van der Waals surface area contributed by atoms with Crippen molar-refractivity contribution in [1.29, 1.82) is 0 Å². The average molecular weight is 257 g/mol. The average Bonchev–Trinajstić information content (AvgIpc) is 2.41. The van der Waals surface area contributed by atoms with Crippen molar-refractivity contribution in [3.8, 4) is 0 Å². The first-order valence-electron chi connectivity index (χ1n) is 7.28. The molecule has 6 heteroatoms. The van der Waals surface area contributed by atoms with Gasteiger partial charge in [-0.2, -0.15) is 0 Å². The topological polar surface area (TPSA) is 92.5 Å². The Morgan fingerprint density at radius 3 is 2.61 bits per heavy atom. The summed E-state index contributed by atoms with van der Waals surface area (Å²) >= 11 is 0. The van der Waals surface area contributed by atoms with Crippen molar-refractivity contribution >= 4 is 17.7 Å². The maximum atomic E-state index is 12.0. The lowest BCUT2D eigenvalue weighted by molar-refractivity contribution is -0.165. The van der Waals surface area contributed by atoms with Gasteiger partial charge in [-0.25, -0.2) is 0 Å². The summed E-state index contributed by atoms with van der Waals surface area (Å²) < 4.78 is 10.0. The Kier molecular flexibility index (Phi) is 2.93. The molecular weight excluding hydrogens is 234 g/mol. The highest BCUT2D eigenvalue weighted by Crippen LogP contribution is 2.44. The first-order chi connectivity index (χ1) is 9.43. The number of nitrogens with zero attached hydrogens (tertiary/aromatic N) is 1. The minimum atomic E-state index is -0.467. The number of nitrogens with one attached hydrogen (secondary N) is 1. The van der Waals surface area contributed by atoms with E-state index in [1.807, 2.05) is 0 Å². The maximum Gasteiger partial charge on any atom is 0.237 e. The van der Waals surface area contributed by atoms with Crippen molar-refractivity contribution in [2.24, 2.45) is 11.1 Å². The highest BCUT2D eigenvalue weighted by atomic mass is 16.2. The minimum Gasteiger partial charge on any atom is -0.368 e. The Morgan fingerprint density at radius 1 is 1.56 bits per heavy atom. The van der Waals surface area contributed by atoms with Gasteiger partial charge in [0.25, 0.3) is 0 Å². The Hall–Kier alpha value is -1.59. The Bertz CT molecular complexity index is 395. The first kappa shape index (κ1) is 11.5. The molecule has 3 amide bonds. The van der Waals surface area contributed by atoms with Gasteiger partial charge in [-0.15, -0.1) is 0 Å². The van der Waals surface area contributed by atoms with Gasteiger partial charge in [0.05, 0.1) is 12.0 Å². The van der Waals surface area contributed by atoms with Crippen molar-refractivity contribution in [1.82, 2.24) is 10.2 Å². The van der Waals surface area contributed by atoms with E-state index in [2.05, 4.69) is 5.32 Å². The molecule has 1 saturated carbocycles. The molecule has 0 unspecified atom stereocenters. The molecule has 6 nitrogen and oxygen atoms in total. The van der Waals surface area contributed by atoms with Gasteiger partial charge in [-0.05, 0) is 25.7 Å². The van der Waals surface area contributed by atoms with Crippen molar-refractivity contribution in [3.05, 3.63) is 0 Å². The summed E-state index contributed by atoms with van der Waals surface area (Å²) in [6, 6.07) is 0.186. The summed E-state index contributed by atoms with van der Waals surface area (Å²) in [5.41, 5.74) is 4.79. The van der Waals surface area contributed by atoms with Crippen LogP contribution in [-0.4, -0.2) is 41.8 Å². The molecule has 1 spiro atoms. The number of rotatable bonds is 3. The van der Waals surface area contributed by atoms with Gasteiger partial charge in [0.15, 0.2) is 0 Å². The van der Waals surface area contributed by atoms with E-state index in [9.17, 15) is 14.4 Å². The molecule has 18 heavy (non-hydrogen) atoms. The molecule has 2 rings (SSSR count). The lowest BCUT2D eigenvalue weighted by Gasteiger charge is -2.51. The molecule has 102 valence electrons. The zero-order valence-electron chi connectivity index (χ0n) is 12.6. The molecule has 2 fully saturated rings. The molecule has 0 aromatic heterocycles. The molecule has 1 aliphatic heterocycles. The van der Waals surface area contributed by atoms with Gasteiger partial charge in [0.2, 0.25) is 17.7 Å². The predicted octanol–water partition coefficient (Wildman–Crippen LogP) is -0.375. The molecule has 3 N–H and O–H groups in total. The third-order valence-corrected chi connectivity index (χ3v) is 3.93. The van der Waals surface area contributed by atoms with Crippen LogP contribution in [0.4, 0.5) is 0 Å². The van der Waals surface area contributed by atoms with Crippen LogP contribution >= 0.6 is 0 Å². The molecule has 0 aromatic carbocycles. The zero-order valence-corrected chi connectivity index (χ0v) is 10.6. The normalized spacial score (nSPS) is 31.5. The number of primary amides is 1. The molecule has 1 saturated heterocycles. The summed E-state index contributed by atoms with van der Waals surface area (Å²) in [6.07, 6.45) is 3.23. The molecule has 0 atom stereocenters. The van der Waals surface area contributed by atoms with Crippen LogP contribution in [0.25, 0.3) is 0 Å². The fourth-order valence-corrected chi connectivity index (χ4v) is 3.04. The monoisotopic (exact) mass is 257 g/mol. The van der Waals surface area contributed by atoms with Crippen LogP contribution in [0.3, 0.4) is 0 Å². The molecule has 0 bridgehead atoms. The van der Waals surface area contributed by atoms with E-state index in [1.54, 1.807) is 0 Å². The lowest BCUT2D eigenvalue weighted by Crippen LogP contribution is -2.64. The van der Waals surface area contributed by atoms with Crippen LogP contribution in [0.5, 0.6) is 0 Å². The van der Waals surface area contributed by atoms with Gasteiger partial charge in [0.1, 0.15) is 0 Å². The fourth-order valence-electron chi connectivity index (χ4n) is 3.04. The zero-order chi connectivity index (χ0) is 15.3. The fraction of sp³-hybridized carbons (Fsp3) is 0.750. The number of likely N-dealkylation sites (tertiary alicyclic amines) is 1. The SMILES string of the molecule is CC(=O)NC1CCC2(CC1)CN(CC(N)=O)C2=O.[2H][2H]. The number of carbonyl (C=O) groups is 3. The Labute approximate surface area is 109 Å². The largest absolute Gasteiger partial charge is 0.368 e. The number of amides is 3. The summed E-state index contributed by atoms with van der Waals surface area (Å²) in [6.45, 7) is 2.16. The van der Waals surface area contributed by atoms with Crippen molar-refractivity contribution in [2.45, 2.75) is 38.6 Å². The molecular formula is C12H21N3O3. The van der Waals surface area contributed by atoms with E-state index < -0.39 is 5.91 Å². The standard InChI is InChI=1S/C12H19N3O3.H2/c1-8(16)14-9-2-4-12(5-3-9)7-15(11(12)18)6-10(13)17;/h9H,2-7H2,1H3,(H2,13,17)(H,14,16);1H/i;1+1D. The quantitative estimate of drug-likeness (QED) is 0.675. The van der Waals surface area contributed by atoms with Crippen LogP contribution < -0.4 is 11.1 Å². The van der Waals surface area contributed by atoms with E-state index in [1.165, 1.54) is 11.8 Å². The van der Waals surface area contributed by atoms with Gasteiger partial charge in [-0.3, -0.25) is 14.4 Å². The second-order valence-electron chi connectivity index (χ2n) is 5.38.